The number of urea groups is 1. The third-order valence-corrected chi connectivity index (χ3v) is 6.68. The number of hydrogen-bond donors (Lipinski definition) is 1. The van der Waals surface area contributed by atoms with Crippen LogP contribution in [0.3, 0.4) is 0 Å². The number of imide groups is 1. The summed E-state index contributed by atoms with van der Waals surface area (Å²) in [5.74, 6) is -0.599. The van der Waals surface area contributed by atoms with E-state index in [0.29, 0.717) is 28.7 Å². The molecule has 9 heteroatoms. The predicted molar refractivity (Wildman–Crippen MR) is 124 cm³/mol. The van der Waals surface area contributed by atoms with E-state index in [0.717, 1.165) is 10.5 Å². The van der Waals surface area contributed by atoms with Gasteiger partial charge in [0, 0.05) is 16.6 Å². The number of nitrogens with zero attached hydrogens (tertiary/aromatic N) is 2. The largest absolute Gasteiger partial charge is 0.354 e. The third kappa shape index (κ3) is 4.74. The maximum atomic E-state index is 13.2. The first-order valence-corrected chi connectivity index (χ1v) is 11.4. The highest BCUT2D eigenvalue weighted by Crippen LogP contribution is 2.36. The molecule has 2 unspecified atom stereocenters. The molecule has 1 fully saturated rings. The highest BCUT2D eigenvalue weighted by atomic mass is 35.5. The summed E-state index contributed by atoms with van der Waals surface area (Å²) in [5, 5.41) is 5.24. The summed E-state index contributed by atoms with van der Waals surface area (Å²) >= 11 is 13.3. The molecule has 0 aliphatic carbocycles. The van der Waals surface area contributed by atoms with Gasteiger partial charge in [0.25, 0.3) is 5.91 Å². The molecule has 31 heavy (non-hydrogen) atoms. The van der Waals surface area contributed by atoms with E-state index < -0.39 is 17.3 Å². The molecule has 0 aromatic heterocycles. The number of rotatable bonds is 6. The number of thioether (sulfide) groups is 1. The van der Waals surface area contributed by atoms with Gasteiger partial charge >= 0.3 is 6.03 Å². The summed E-state index contributed by atoms with van der Waals surface area (Å²) in [5.41, 5.74) is 1.44. The van der Waals surface area contributed by atoms with E-state index in [-0.39, 0.29) is 18.4 Å². The van der Waals surface area contributed by atoms with Gasteiger partial charge < -0.3 is 10.2 Å². The Kier molecular flexibility index (Phi) is 6.55. The number of benzene rings is 2. The van der Waals surface area contributed by atoms with Gasteiger partial charge in [-0.05, 0) is 47.7 Å². The molecule has 2 aromatic rings. The molecular formula is C22H19Cl2N3O3S. The van der Waals surface area contributed by atoms with Crippen molar-refractivity contribution in [3.63, 3.8) is 0 Å². The normalized spacial score (nSPS) is 20.2. The van der Waals surface area contributed by atoms with E-state index in [1.165, 1.54) is 16.7 Å². The molecule has 2 aliphatic rings. The first kappa shape index (κ1) is 21.7. The van der Waals surface area contributed by atoms with Crippen LogP contribution in [0.25, 0.3) is 0 Å². The van der Waals surface area contributed by atoms with Crippen LogP contribution in [0, 0.1) is 0 Å². The van der Waals surface area contributed by atoms with Crippen LogP contribution in [0.2, 0.25) is 10.0 Å². The first-order valence-electron chi connectivity index (χ1n) is 9.67. The van der Waals surface area contributed by atoms with Gasteiger partial charge in [-0.2, -0.15) is 0 Å². The number of carbonyl (C=O) groups is 3. The zero-order valence-corrected chi connectivity index (χ0v) is 18.7. The van der Waals surface area contributed by atoms with Crippen LogP contribution in [-0.2, 0) is 16.0 Å². The van der Waals surface area contributed by atoms with Crippen molar-refractivity contribution in [1.29, 1.82) is 0 Å². The second kappa shape index (κ2) is 9.34. The Labute approximate surface area is 194 Å². The predicted octanol–water partition coefficient (Wildman–Crippen LogP) is 4.12. The Morgan fingerprint density at radius 2 is 1.84 bits per heavy atom. The number of nitrogens with one attached hydrogen (secondary N) is 1. The van der Waals surface area contributed by atoms with Gasteiger partial charge in [-0.25, -0.2) is 9.69 Å². The van der Waals surface area contributed by atoms with Gasteiger partial charge in [-0.1, -0.05) is 47.5 Å². The maximum Gasteiger partial charge on any atom is 0.332 e. The Morgan fingerprint density at radius 3 is 2.58 bits per heavy atom. The molecule has 0 spiro atoms. The van der Waals surface area contributed by atoms with Gasteiger partial charge in [-0.3, -0.25) is 9.59 Å². The lowest BCUT2D eigenvalue weighted by molar-refractivity contribution is -0.124. The maximum absolute atomic E-state index is 13.2. The quantitative estimate of drug-likeness (QED) is 0.681. The van der Waals surface area contributed by atoms with Gasteiger partial charge in [-0.15, -0.1) is 11.8 Å². The summed E-state index contributed by atoms with van der Waals surface area (Å²) in [6, 6.07) is 13.0. The minimum absolute atomic E-state index is 0.143. The molecule has 0 bridgehead atoms. The van der Waals surface area contributed by atoms with Crippen molar-refractivity contribution in [2.45, 2.75) is 17.7 Å². The standard InChI is InChI=1S/C22H19Cl2N3O3S/c23-15-6-4-14(5-7-15)8-10-25-19(28)13-26-18-9-11-31-20(18)21(29)27(22(26)30)17-3-1-2-16(24)12-17/h1-7,9,11-12,18,20H,8,10,13H2,(H,25,28). The van der Waals surface area contributed by atoms with E-state index in [2.05, 4.69) is 5.32 Å². The molecule has 4 rings (SSSR count). The molecule has 2 aromatic carbocycles. The van der Waals surface area contributed by atoms with Crippen LogP contribution in [0.15, 0.2) is 60.0 Å². The number of halogens is 2. The summed E-state index contributed by atoms with van der Waals surface area (Å²) < 4.78 is 0. The van der Waals surface area contributed by atoms with E-state index in [4.69, 9.17) is 23.2 Å². The Bertz CT molecular complexity index is 1040. The zero-order chi connectivity index (χ0) is 22.0. The fourth-order valence-electron chi connectivity index (χ4n) is 3.57. The Balaban J connectivity index is 1.45. The number of carbonyl (C=O) groups excluding carboxylic acids is 3. The molecule has 2 heterocycles. The van der Waals surface area contributed by atoms with Crippen LogP contribution >= 0.6 is 35.0 Å². The van der Waals surface area contributed by atoms with E-state index in [1.54, 1.807) is 47.9 Å². The van der Waals surface area contributed by atoms with Crippen molar-refractivity contribution in [2.24, 2.45) is 0 Å². The molecule has 160 valence electrons. The van der Waals surface area contributed by atoms with Crippen molar-refractivity contribution in [1.82, 2.24) is 10.2 Å². The second-order valence-electron chi connectivity index (χ2n) is 7.17. The van der Waals surface area contributed by atoms with Gasteiger partial charge in [0.15, 0.2) is 0 Å². The molecule has 2 atom stereocenters. The Morgan fingerprint density at radius 1 is 1.06 bits per heavy atom. The number of amides is 4. The van der Waals surface area contributed by atoms with Crippen LogP contribution in [0.5, 0.6) is 0 Å². The van der Waals surface area contributed by atoms with Crippen molar-refractivity contribution >= 4 is 58.5 Å². The molecule has 1 saturated heterocycles. The summed E-state index contributed by atoms with van der Waals surface area (Å²) in [6.07, 6.45) is 2.44. The average Bonchev–Trinajstić information content (AvgIpc) is 3.23. The lowest BCUT2D eigenvalue weighted by Crippen LogP contribution is -2.63. The fraction of sp³-hybridized carbons (Fsp3) is 0.227. The molecular weight excluding hydrogens is 457 g/mol. The lowest BCUT2D eigenvalue weighted by atomic mass is 10.1. The highest BCUT2D eigenvalue weighted by Gasteiger charge is 2.48. The molecule has 0 radical (unpaired) electrons. The van der Waals surface area contributed by atoms with E-state index >= 15 is 0 Å². The third-order valence-electron chi connectivity index (χ3n) is 5.10. The smallest absolute Gasteiger partial charge is 0.332 e. The topological polar surface area (TPSA) is 69.7 Å². The van der Waals surface area contributed by atoms with Crippen LogP contribution < -0.4 is 10.2 Å². The molecule has 6 nitrogen and oxygen atoms in total. The summed E-state index contributed by atoms with van der Waals surface area (Å²) in [6.45, 7) is 0.286. The van der Waals surface area contributed by atoms with Crippen molar-refractivity contribution in [3.8, 4) is 0 Å². The molecule has 1 N–H and O–H groups in total. The monoisotopic (exact) mass is 475 g/mol. The van der Waals surface area contributed by atoms with Crippen molar-refractivity contribution < 1.29 is 14.4 Å². The zero-order valence-electron chi connectivity index (χ0n) is 16.3. The van der Waals surface area contributed by atoms with Crippen molar-refractivity contribution in [3.05, 3.63) is 75.6 Å². The molecule has 0 saturated carbocycles. The fourth-order valence-corrected chi connectivity index (χ4v) is 4.93. The van der Waals surface area contributed by atoms with Crippen LogP contribution in [0.1, 0.15) is 5.56 Å². The first-order chi connectivity index (χ1) is 14.9. The minimum atomic E-state index is -0.534. The van der Waals surface area contributed by atoms with E-state index in [1.807, 2.05) is 12.1 Å². The number of fused-ring (bicyclic) bond motifs is 1. The van der Waals surface area contributed by atoms with Gasteiger partial charge in [0.05, 0.1) is 11.7 Å². The Hall–Kier alpha value is -2.48. The second-order valence-corrected chi connectivity index (χ2v) is 9.09. The SMILES string of the molecule is O=C(CN1C(=O)N(c2cccc(Cl)c2)C(=O)C2SC=CC21)NCCc1ccc(Cl)cc1. The summed E-state index contributed by atoms with van der Waals surface area (Å²) in [4.78, 5) is 41.3. The van der Waals surface area contributed by atoms with Gasteiger partial charge in [0.2, 0.25) is 5.91 Å². The number of anilines is 1. The lowest BCUT2D eigenvalue weighted by Gasteiger charge is -2.40. The average molecular weight is 476 g/mol. The molecule has 4 amide bonds. The van der Waals surface area contributed by atoms with E-state index in [9.17, 15) is 14.4 Å². The molecule has 2 aliphatic heterocycles. The van der Waals surface area contributed by atoms with Crippen LogP contribution in [-0.4, -0.2) is 47.1 Å². The van der Waals surface area contributed by atoms with Crippen molar-refractivity contribution in [2.75, 3.05) is 18.0 Å². The van der Waals surface area contributed by atoms with Gasteiger partial charge in [0.1, 0.15) is 11.8 Å². The summed E-state index contributed by atoms with van der Waals surface area (Å²) in [7, 11) is 0. The minimum Gasteiger partial charge on any atom is -0.354 e. The highest BCUT2D eigenvalue weighted by molar-refractivity contribution is 8.03. The number of hydrogen-bond acceptors (Lipinski definition) is 4. The van der Waals surface area contributed by atoms with Crippen LogP contribution in [0.4, 0.5) is 10.5 Å².